The smallest absolute Gasteiger partial charge is 0.453 e. The minimum Gasteiger partial charge on any atom is -0.508 e. The van der Waals surface area contributed by atoms with Crippen LogP contribution in [0.25, 0.3) is 0 Å². The second-order valence-corrected chi connectivity index (χ2v) is 37.9. The molecule has 4 aromatic rings. The van der Waals surface area contributed by atoms with Gasteiger partial charge in [0.1, 0.15) is 46.1 Å². The molecule has 6 aliphatic heterocycles. The van der Waals surface area contributed by atoms with E-state index in [1.165, 1.54) is 51.1 Å². The van der Waals surface area contributed by atoms with Crippen molar-refractivity contribution in [1.29, 1.82) is 0 Å². The summed E-state index contributed by atoms with van der Waals surface area (Å²) in [4.78, 5) is 71.1. The van der Waals surface area contributed by atoms with Crippen molar-refractivity contribution < 1.29 is 137 Å². The first kappa shape index (κ1) is 98.9. The maximum Gasteiger partial charge on any atom is 0.453 e. The summed E-state index contributed by atoms with van der Waals surface area (Å²) in [6, 6.07) is 20.4. The van der Waals surface area contributed by atoms with Crippen LogP contribution in [0.15, 0.2) is 105 Å². The minimum absolute atomic E-state index is 0.000649. The van der Waals surface area contributed by atoms with E-state index in [1.807, 2.05) is 39.8 Å². The molecular formula is C82H122N8O29S2. The average molecular weight is 1750 g/mol. The third-order valence-corrected chi connectivity index (χ3v) is 21.6. The zero-order chi connectivity index (χ0) is 89.2. The molecule has 6 amide bonds. The normalized spacial score (nSPS) is 19.5. The number of carbonyl (C=O) groups is 6. The lowest BCUT2D eigenvalue weighted by Crippen LogP contribution is -2.51. The predicted molar refractivity (Wildman–Crippen MR) is 436 cm³/mol. The van der Waals surface area contributed by atoms with Gasteiger partial charge in [0.25, 0.3) is 0 Å². The number of hydrogen-bond donors (Lipinski definition) is 8. The Morgan fingerprint density at radius 1 is 0.496 bits per heavy atom. The van der Waals surface area contributed by atoms with E-state index < -0.39 is 128 Å². The van der Waals surface area contributed by atoms with Gasteiger partial charge in [-0.15, -0.1) is 0 Å². The Hall–Kier alpha value is -9.16. The third kappa shape index (κ3) is 33.9. The third-order valence-electron chi connectivity index (χ3n) is 17.9. The number of aliphatic hydroxyl groups is 3. The van der Waals surface area contributed by atoms with Gasteiger partial charge in [-0.2, -0.15) is 8.61 Å². The summed E-state index contributed by atoms with van der Waals surface area (Å²) < 4.78 is 138. The number of phenols is 1. The summed E-state index contributed by atoms with van der Waals surface area (Å²) in [6.45, 7) is 30.8. The van der Waals surface area contributed by atoms with Crippen LogP contribution in [0.1, 0.15) is 148 Å². The minimum atomic E-state index is -4.09. The highest BCUT2D eigenvalue weighted by Crippen LogP contribution is 2.39. The molecule has 6 heterocycles. The number of alkyl carbamates (subject to hydrolysis) is 4. The van der Waals surface area contributed by atoms with Gasteiger partial charge < -0.3 is 113 Å². The first-order chi connectivity index (χ1) is 56.7. The summed E-state index contributed by atoms with van der Waals surface area (Å²) in [5.74, 6) is 1.97. The quantitative estimate of drug-likeness (QED) is 0.0137. The second-order valence-electron chi connectivity index (χ2n) is 34.1. The number of aliphatic hydroxyl groups excluding tert-OH is 3. The van der Waals surface area contributed by atoms with Crippen LogP contribution in [0.5, 0.6) is 34.5 Å². The molecule has 0 radical (unpaired) electrons. The van der Waals surface area contributed by atoms with Gasteiger partial charge in [0, 0.05) is 58.0 Å². The van der Waals surface area contributed by atoms with E-state index in [0.717, 1.165) is 11.1 Å². The number of nitrogens with zero attached hydrogens (tertiary/aromatic N) is 4. The van der Waals surface area contributed by atoms with Crippen molar-refractivity contribution in [1.82, 2.24) is 29.9 Å². The number of rotatable bonds is 30. The van der Waals surface area contributed by atoms with E-state index in [9.17, 15) is 60.9 Å². The first-order valence-corrected chi connectivity index (χ1v) is 43.1. The maximum atomic E-state index is 13.9. The largest absolute Gasteiger partial charge is 0.508 e. The second kappa shape index (κ2) is 45.3. The van der Waals surface area contributed by atoms with Crippen molar-refractivity contribution in [2.45, 2.75) is 231 Å². The van der Waals surface area contributed by atoms with Crippen LogP contribution >= 0.6 is 0 Å². The van der Waals surface area contributed by atoms with Crippen molar-refractivity contribution in [3.8, 4) is 34.5 Å². The highest BCUT2D eigenvalue weighted by Gasteiger charge is 2.46. The van der Waals surface area contributed by atoms with Gasteiger partial charge in [0.2, 0.25) is 33.6 Å². The average Bonchev–Trinajstić information content (AvgIpc) is 1.78. The Balaban J connectivity index is 0.000000257. The number of carbonyl (C=O) groups excluding carboxylic acids is 6. The lowest BCUT2D eigenvalue weighted by molar-refractivity contribution is -0.0909. The molecule has 8 N–H and O–H groups in total. The molecule has 676 valence electrons. The van der Waals surface area contributed by atoms with Crippen LogP contribution in [0.2, 0.25) is 0 Å². The zero-order valence-electron chi connectivity index (χ0n) is 71.8. The fraction of sp³-hybridized carbons (Fsp3) is 0.634. The number of phenolic OH excluding ortho intramolecular Hbond substituents is 1. The topological polar surface area (TPSA) is 469 Å². The van der Waals surface area contributed by atoms with E-state index in [2.05, 4.69) is 31.5 Å². The van der Waals surface area contributed by atoms with Gasteiger partial charge in [-0.3, -0.25) is 0 Å². The molecule has 39 heteroatoms. The van der Waals surface area contributed by atoms with Crippen molar-refractivity contribution in [3.63, 3.8) is 0 Å². The number of benzene rings is 4. The SMILES string of the molecule is CC(C)(C)OC(=O)N=NC(=O)OC(C)(C)C.CC(C)(C)OC(=O)NCCCO.CC(C)CN(C[C@@H](O)[C@H](Cc1ccc(O)cc1)NC(=O)O[C@H]1CO[C@H]2OCC[C@H]21)S(=O)(=O)c1ccc2c(c1)OCO2.CC(C)CN(C[C@@H](O)[C@H](Cc1ccc(OCCCNC(=O)OC(C)(C)C)cc1)NC(=O)O[C@H]1CO[C@H]2OCC[C@H]21)S(=O)(=O)c1ccc2c(c1)OCO2. The van der Waals surface area contributed by atoms with E-state index in [-0.39, 0.29) is 112 Å². The molecule has 4 saturated heterocycles. The molecule has 0 saturated carbocycles. The fourth-order valence-corrected chi connectivity index (χ4v) is 15.8. The van der Waals surface area contributed by atoms with Crippen LogP contribution in [0.3, 0.4) is 0 Å². The Morgan fingerprint density at radius 3 is 1.26 bits per heavy atom. The molecule has 121 heavy (non-hydrogen) atoms. The molecule has 0 bridgehead atoms. The summed E-state index contributed by atoms with van der Waals surface area (Å²) in [6.07, 6.45) is -5.85. The Kier molecular flexibility index (Phi) is 37.0. The van der Waals surface area contributed by atoms with Gasteiger partial charge in [-0.1, -0.05) is 62.2 Å². The molecule has 0 spiro atoms. The molecule has 0 unspecified atom stereocenters. The Bertz CT molecular complexity index is 4240. The van der Waals surface area contributed by atoms with Crippen LogP contribution in [0.4, 0.5) is 28.8 Å². The number of amides is 6. The molecule has 4 aromatic carbocycles. The molecule has 0 aromatic heterocycles. The number of azo groups is 1. The number of aromatic hydroxyl groups is 1. The van der Waals surface area contributed by atoms with Crippen molar-refractivity contribution in [2.75, 3.05) is 92.5 Å². The molecule has 0 aliphatic carbocycles. The maximum absolute atomic E-state index is 13.9. The number of nitrogens with one attached hydrogen (secondary N) is 4. The van der Waals surface area contributed by atoms with Crippen molar-refractivity contribution in [2.24, 2.45) is 33.9 Å². The van der Waals surface area contributed by atoms with Crippen molar-refractivity contribution >= 4 is 56.6 Å². The molecule has 10 atom stereocenters. The summed E-state index contributed by atoms with van der Waals surface area (Å²) in [5.41, 5.74) is -0.885. The van der Waals surface area contributed by atoms with Crippen LogP contribution in [0, 0.1) is 23.7 Å². The first-order valence-electron chi connectivity index (χ1n) is 40.2. The number of hydrogen-bond acceptors (Lipinski definition) is 29. The fourth-order valence-electron chi connectivity index (χ4n) is 12.6. The standard InChI is InChI=1S/C36H51N3O12S.C28H36N2O10S.C10H18N2O4.C8H17NO3/c1-23(2)19-39(52(43,44)26-11-12-30-31(18-26)49-22-48-30)20-29(40)28(38-35(42)50-32-21-47-33-27(32)13-16-46-33)17-24-7-9-25(10-8-24)45-15-6-14-37-34(41)51-36(3,4)5;1-17(2)13-30(41(34,35)20-7-8-24-25(12-20)39-16-38-24)14-23(32)22(11-18-3-5-19(31)6-4-18)29-28(33)40-26-15-37-27-21(26)9-10-36-27;1-9(2,3)15-7(13)11-12-8(14)16-10(4,5)6;1-8(2,3)12-7(11)9-5-4-6-10/h7-12,18,23,27-29,32-33,40H,6,13-17,19-22H2,1-5H3,(H,37,41)(H,38,42);3-8,12,17,21-23,26-27,31-32H,9-11,13-16H2,1-2H3,(H,29,33);1-6H3;10H,4-6H2,1-3H3,(H,9,11)/t27-,28-,29+,32-,33+;21-,22-,23+,26-,27+;;/m00../s1. The molecule has 6 aliphatic rings. The van der Waals surface area contributed by atoms with E-state index in [1.54, 1.807) is 113 Å². The van der Waals surface area contributed by atoms with Crippen LogP contribution < -0.4 is 45.0 Å². The lowest BCUT2D eigenvalue weighted by Gasteiger charge is -2.31. The van der Waals surface area contributed by atoms with Gasteiger partial charge in [-0.05, 0) is 193 Å². The van der Waals surface area contributed by atoms with Crippen LogP contribution in [-0.4, -0.2) is 246 Å². The van der Waals surface area contributed by atoms with Gasteiger partial charge in [0.05, 0.1) is 79.0 Å². The van der Waals surface area contributed by atoms with Crippen LogP contribution in [-0.2, 0) is 80.3 Å². The number of ether oxygens (including phenoxy) is 15. The Morgan fingerprint density at radius 2 is 0.876 bits per heavy atom. The molecule has 10 rings (SSSR count). The Labute approximate surface area is 707 Å². The summed E-state index contributed by atoms with van der Waals surface area (Å²) >= 11 is 0. The van der Waals surface area contributed by atoms with Gasteiger partial charge in [-0.25, -0.2) is 45.6 Å². The monoisotopic (exact) mass is 1750 g/mol. The van der Waals surface area contributed by atoms with E-state index >= 15 is 0 Å². The lowest BCUT2D eigenvalue weighted by atomic mass is 10.0. The van der Waals surface area contributed by atoms with Gasteiger partial charge >= 0.3 is 36.6 Å². The summed E-state index contributed by atoms with van der Waals surface area (Å²) in [5, 5.41) is 58.1. The predicted octanol–water partition coefficient (Wildman–Crippen LogP) is 10.2. The highest BCUT2D eigenvalue weighted by molar-refractivity contribution is 7.89. The van der Waals surface area contributed by atoms with Crippen molar-refractivity contribution in [3.05, 3.63) is 96.1 Å². The number of fused-ring (bicyclic) bond motifs is 4. The molecule has 37 nitrogen and oxygen atoms in total. The summed E-state index contributed by atoms with van der Waals surface area (Å²) in [7, 11) is -8.14. The number of sulfonamides is 2. The molecular weight excluding hydrogens is 1630 g/mol. The van der Waals surface area contributed by atoms with E-state index in [0.29, 0.717) is 87.3 Å². The van der Waals surface area contributed by atoms with E-state index in [4.69, 9.17) is 76.2 Å². The van der Waals surface area contributed by atoms with Gasteiger partial charge in [0.15, 0.2) is 35.6 Å². The highest BCUT2D eigenvalue weighted by atomic mass is 32.2. The zero-order valence-corrected chi connectivity index (χ0v) is 73.4. The molecule has 4 fully saturated rings.